The van der Waals surface area contributed by atoms with Gasteiger partial charge in [-0.15, -0.1) is 0 Å². The number of piperidine rings is 1. The van der Waals surface area contributed by atoms with Crippen LogP contribution in [0.2, 0.25) is 0 Å². The van der Waals surface area contributed by atoms with Gasteiger partial charge in [-0.25, -0.2) is 0 Å². The molecule has 1 aromatic carbocycles. The predicted octanol–water partition coefficient (Wildman–Crippen LogP) is 3.90. The van der Waals surface area contributed by atoms with Gasteiger partial charge in [0.25, 0.3) is 5.91 Å². The van der Waals surface area contributed by atoms with E-state index in [2.05, 4.69) is 68.6 Å². The average Bonchev–Trinajstić information content (AvgIpc) is 3.17. The molecule has 2 aliphatic heterocycles. The molecule has 0 unspecified atom stereocenters. The van der Waals surface area contributed by atoms with E-state index < -0.39 is 0 Å². The minimum Gasteiger partial charge on any atom is -0.319 e. The topological polar surface area (TPSA) is 85.1 Å². The lowest BCUT2D eigenvalue weighted by Gasteiger charge is -2.27. The van der Waals surface area contributed by atoms with Crippen LogP contribution in [-0.2, 0) is 0 Å². The van der Waals surface area contributed by atoms with Crippen molar-refractivity contribution >= 4 is 22.4 Å². The second-order valence-electron chi connectivity index (χ2n) is 8.92. The van der Waals surface area contributed by atoms with E-state index in [-0.39, 0.29) is 5.91 Å². The number of carbonyl (C=O) groups excluding carboxylic acids is 1. The van der Waals surface area contributed by atoms with Gasteiger partial charge in [-0.3, -0.25) is 14.8 Å². The summed E-state index contributed by atoms with van der Waals surface area (Å²) < 4.78 is 0. The number of benzene rings is 1. The Balaban J connectivity index is 1.42. The van der Waals surface area contributed by atoms with Gasteiger partial charge in [0.15, 0.2) is 5.69 Å². The van der Waals surface area contributed by atoms with Crippen molar-refractivity contribution in [2.45, 2.75) is 32.6 Å². The van der Waals surface area contributed by atoms with Crippen LogP contribution in [0.15, 0.2) is 71.7 Å². The molecule has 0 atom stereocenters. The second-order valence-corrected chi connectivity index (χ2v) is 8.92. The number of nitrogens with zero attached hydrogens (tertiary/aromatic N) is 2. The summed E-state index contributed by atoms with van der Waals surface area (Å²) in [5, 5.41) is 11.0. The van der Waals surface area contributed by atoms with Gasteiger partial charge in [-0.05, 0) is 74.2 Å². The SMILES string of the molecule is CC1=CC(CN2CCCCC2)=CC(c2ccc3[nH]nc(C(=O)NC4=CNNC=C4)c3c2)=CC1. The van der Waals surface area contributed by atoms with Crippen LogP contribution >= 0.6 is 0 Å². The Morgan fingerprint density at radius 1 is 1.15 bits per heavy atom. The van der Waals surface area contributed by atoms with Crippen molar-refractivity contribution in [1.82, 2.24) is 31.3 Å². The summed E-state index contributed by atoms with van der Waals surface area (Å²) in [6.07, 6.45) is 17.0. The number of hydrogen-bond donors (Lipinski definition) is 4. The molecule has 0 saturated carbocycles. The number of allylic oxidation sites excluding steroid dienone is 5. The largest absolute Gasteiger partial charge is 0.319 e. The van der Waals surface area contributed by atoms with Crippen LogP contribution in [0.5, 0.6) is 0 Å². The molecule has 3 aliphatic rings. The summed E-state index contributed by atoms with van der Waals surface area (Å²) in [7, 11) is 0. The summed E-state index contributed by atoms with van der Waals surface area (Å²) in [4.78, 5) is 15.4. The summed E-state index contributed by atoms with van der Waals surface area (Å²) in [6, 6.07) is 6.18. The molecule has 1 aromatic heterocycles. The Hall–Kier alpha value is -3.58. The molecule has 0 spiro atoms. The van der Waals surface area contributed by atoms with Gasteiger partial charge < -0.3 is 16.2 Å². The zero-order valence-corrected chi connectivity index (χ0v) is 18.9. The minimum atomic E-state index is -0.244. The molecule has 3 heterocycles. The first kappa shape index (κ1) is 21.3. The zero-order valence-electron chi connectivity index (χ0n) is 18.9. The Bertz CT molecular complexity index is 1210. The molecule has 7 nitrogen and oxygen atoms in total. The number of hydrogen-bond acceptors (Lipinski definition) is 5. The van der Waals surface area contributed by atoms with Gasteiger partial charge in [0.05, 0.1) is 11.2 Å². The Labute approximate surface area is 194 Å². The number of fused-ring (bicyclic) bond motifs is 1. The second kappa shape index (κ2) is 9.50. The monoisotopic (exact) mass is 442 g/mol. The van der Waals surface area contributed by atoms with E-state index in [1.807, 2.05) is 6.07 Å². The molecule has 170 valence electrons. The van der Waals surface area contributed by atoms with Crippen LogP contribution in [0.1, 0.15) is 48.7 Å². The quantitative estimate of drug-likeness (QED) is 0.564. The van der Waals surface area contributed by atoms with Gasteiger partial charge in [0, 0.05) is 24.3 Å². The van der Waals surface area contributed by atoms with E-state index >= 15 is 0 Å². The van der Waals surface area contributed by atoms with Gasteiger partial charge in [0.2, 0.25) is 0 Å². The van der Waals surface area contributed by atoms with Gasteiger partial charge in [-0.2, -0.15) is 5.10 Å². The van der Waals surface area contributed by atoms with Crippen molar-refractivity contribution in [2.75, 3.05) is 19.6 Å². The van der Waals surface area contributed by atoms with E-state index in [4.69, 9.17) is 0 Å². The molecule has 0 radical (unpaired) electrons. The van der Waals surface area contributed by atoms with E-state index in [1.54, 1.807) is 18.5 Å². The average molecular weight is 443 g/mol. The smallest absolute Gasteiger partial charge is 0.276 e. The molecular formula is C26H30N6O. The number of hydrazine groups is 1. The number of amides is 1. The lowest BCUT2D eigenvalue weighted by Crippen LogP contribution is -2.31. The Morgan fingerprint density at radius 2 is 2.03 bits per heavy atom. The number of carbonyl (C=O) groups is 1. The van der Waals surface area contributed by atoms with Crippen molar-refractivity contribution in [3.8, 4) is 0 Å². The third kappa shape index (κ3) is 4.93. The first-order valence-corrected chi connectivity index (χ1v) is 11.6. The van der Waals surface area contributed by atoms with Gasteiger partial charge >= 0.3 is 0 Å². The molecule has 1 saturated heterocycles. The molecule has 2 aromatic rings. The summed E-state index contributed by atoms with van der Waals surface area (Å²) in [6.45, 7) is 5.55. The molecule has 1 aliphatic carbocycles. The Morgan fingerprint density at radius 3 is 2.85 bits per heavy atom. The highest BCUT2D eigenvalue weighted by atomic mass is 16.2. The van der Waals surface area contributed by atoms with E-state index in [0.29, 0.717) is 11.4 Å². The zero-order chi connectivity index (χ0) is 22.6. The molecule has 7 heteroatoms. The van der Waals surface area contributed by atoms with Crippen molar-refractivity contribution in [3.63, 3.8) is 0 Å². The van der Waals surface area contributed by atoms with Crippen LogP contribution < -0.4 is 16.2 Å². The molecule has 1 fully saturated rings. The van der Waals surface area contributed by atoms with Gasteiger partial charge in [0.1, 0.15) is 0 Å². The number of likely N-dealkylation sites (tertiary alicyclic amines) is 1. The number of aromatic nitrogens is 2. The lowest BCUT2D eigenvalue weighted by atomic mass is 10.00. The molecule has 5 rings (SSSR count). The van der Waals surface area contributed by atoms with Crippen LogP contribution in [0.4, 0.5) is 0 Å². The highest BCUT2D eigenvalue weighted by Gasteiger charge is 2.17. The summed E-state index contributed by atoms with van der Waals surface area (Å²) in [5.74, 6) is -0.244. The van der Waals surface area contributed by atoms with E-state index in [0.717, 1.165) is 29.4 Å². The lowest BCUT2D eigenvalue weighted by molar-refractivity contribution is 0.0963. The molecule has 33 heavy (non-hydrogen) atoms. The summed E-state index contributed by atoms with van der Waals surface area (Å²) in [5.41, 5.74) is 12.6. The molecule has 0 bridgehead atoms. The first-order chi connectivity index (χ1) is 16.2. The molecular weight excluding hydrogens is 412 g/mol. The van der Waals surface area contributed by atoms with Crippen molar-refractivity contribution in [2.24, 2.45) is 0 Å². The fourth-order valence-electron chi connectivity index (χ4n) is 4.60. The maximum Gasteiger partial charge on any atom is 0.276 e. The highest BCUT2D eigenvalue weighted by Crippen LogP contribution is 2.28. The first-order valence-electron chi connectivity index (χ1n) is 11.6. The minimum absolute atomic E-state index is 0.244. The van der Waals surface area contributed by atoms with Crippen LogP contribution in [0.25, 0.3) is 16.5 Å². The molecule has 1 amide bonds. The highest BCUT2D eigenvalue weighted by molar-refractivity contribution is 6.06. The van der Waals surface area contributed by atoms with Crippen LogP contribution in [0, 0.1) is 0 Å². The number of rotatable bonds is 5. The third-order valence-corrected chi connectivity index (χ3v) is 6.30. The van der Waals surface area contributed by atoms with E-state index in [9.17, 15) is 4.79 Å². The van der Waals surface area contributed by atoms with E-state index in [1.165, 1.54) is 49.1 Å². The number of aromatic amines is 1. The van der Waals surface area contributed by atoms with Crippen molar-refractivity contribution in [1.29, 1.82) is 0 Å². The Kier molecular flexibility index (Phi) is 6.13. The van der Waals surface area contributed by atoms with Gasteiger partial charge in [-0.1, -0.05) is 36.3 Å². The maximum absolute atomic E-state index is 12.9. The van der Waals surface area contributed by atoms with Crippen LogP contribution in [0.3, 0.4) is 0 Å². The van der Waals surface area contributed by atoms with Crippen molar-refractivity contribution in [3.05, 3.63) is 83.0 Å². The third-order valence-electron chi connectivity index (χ3n) is 6.30. The molecule has 4 N–H and O–H groups in total. The number of nitrogens with one attached hydrogen (secondary N) is 4. The normalized spacial score (nSPS) is 18.9. The fourth-order valence-corrected chi connectivity index (χ4v) is 4.60. The fraction of sp³-hybridized carbons (Fsp3) is 0.308. The maximum atomic E-state index is 12.9. The predicted molar refractivity (Wildman–Crippen MR) is 132 cm³/mol. The standard InChI is InChI=1S/C26H30N6O/c1-18-5-6-20(14-19(13-18)17-32-11-3-2-4-12-32)21-7-8-24-23(15-21)25(31-30-24)26(33)29-22-9-10-27-28-16-22/h6-10,13-16,27-28H,2-5,11-12,17H2,1H3,(H,29,33)(H,30,31). The van der Waals surface area contributed by atoms with Crippen LogP contribution in [-0.4, -0.2) is 40.6 Å². The van der Waals surface area contributed by atoms with Crippen molar-refractivity contribution < 1.29 is 4.79 Å². The summed E-state index contributed by atoms with van der Waals surface area (Å²) >= 11 is 0. The number of H-pyrrole nitrogens is 1.